The van der Waals surface area contributed by atoms with Gasteiger partial charge in [-0.3, -0.25) is 0 Å². The van der Waals surface area contributed by atoms with E-state index >= 15 is 0 Å². The highest BCUT2D eigenvalue weighted by Gasteiger charge is 2.47. The Hall–Kier alpha value is -0.956. The topological polar surface area (TPSA) is 44.8 Å². The molecule has 0 saturated carbocycles. The van der Waals surface area contributed by atoms with Crippen LogP contribution in [0.15, 0.2) is 30.3 Å². The molecule has 0 radical (unpaired) electrons. The van der Waals surface area contributed by atoms with E-state index in [1.165, 1.54) is 7.11 Å². The van der Waals surface area contributed by atoms with Crippen molar-refractivity contribution in [3.63, 3.8) is 0 Å². The minimum atomic E-state index is -2.21. The van der Waals surface area contributed by atoms with Crippen molar-refractivity contribution in [3.05, 3.63) is 35.9 Å². The monoisotopic (exact) mass is 438 g/mol. The minimum absolute atomic E-state index is 0.0203. The third kappa shape index (κ3) is 7.05. The lowest BCUT2D eigenvalue weighted by molar-refractivity contribution is -0.154. The van der Waals surface area contributed by atoms with E-state index in [2.05, 4.69) is 79.9 Å². The summed E-state index contributed by atoms with van der Waals surface area (Å²) in [5.74, 6) is -0.352. The molecule has 0 aliphatic rings. The molecule has 0 fully saturated rings. The summed E-state index contributed by atoms with van der Waals surface area (Å²) in [4.78, 5) is 12.9. The Bertz CT molecular complexity index is 658. The molecule has 0 unspecified atom stereocenters. The van der Waals surface area contributed by atoms with Crippen LogP contribution in [0.3, 0.4) is 0 Å². The van der Waals surface area contributed by atoms with Gasteiger partial charge in [0.15, 0.2) is 22.7 Å². The van der Waals surface area contributed by atoms with Crippen molar-refractivity contribution < 1.29 is 18.4 Å². The van der Waals surface area contributed by atoms with Gasteiger partial charge < -0.3 is 13.6 Å². The summed E-state index contributed by atoms with van der Waals surface area (Å²) in [7, 11) is -2.92. The Morgan fingerprint density at radius 3 is 1.72 bits per heavy atom. The Balaban J connectivity index is 3.37. The first-order chi connectivity index (χ1) is 13.0. The smallest absolute Gasteiger partial charge is 0.336 e. The number of hydrogen-bond donors (Lipinski definition) is 0. The van der Waals surface area contributed by atoms with E-state index in [0.29, 0.717) is 6.42 Å². The van der Waals surface area contributed by atoms with Gasteiger partial charge in [-0.15, -0.1) is 0 Å². The lowest BCUT2D eigenvalue weighted by atomic mass is 10.0. The zero-order valence-electron chi connectivity index (χ0n) is 20.4. The highest BCUT2D eigenvalue weighted by atomic mass is 28.4. The van der Waals surface area contributed by atoms with Crippen molar-refractivity contribution in [1.29, 1.82) is 0 Å². The van der Waals surface area contributed by atoms with Gasteiger partial charge in [-0.2, -0.15) is 0 Å². The van der Waals surface area contributed by atoms with E-state index in [1.54, 1.807) is 0 Å². The molecular weight excluding hydrogens is 396 g/mol. The average Bonchev–Trinajstić information content (AvgIpc) is 2.57. The molecule has 0 amide bonds. The number of hydrogen-bond acceptors (Lipinski definition) is 4. The van der Waals surface area contributed by atoms with Gasteiger partial charge in [-0.25, -0.2) is 4.79 Å². The van der Waals surface area contributed by atoms with Gasteiger partial charge in [0.25, 0.3) is 0 Å². The van der Waals surface area contributed by atoms with E-state index in [9.17, 15) is 4.79 Å². The van der Waals surface area contributed by atoms with Crippen LogP contribution in [0.5, 0.6) is 0 Å². The predicted octanol–water partition coefficient (Wildman–Crippen LogP) is 6.18. The van der Waals surface area contributed by atoms with Crippen molar-refractivity contribution >= 4 is 22.6 Å². The normalized spacial score (nSPS) is 15.7. The van der Waals surface area contributed by atoms with E-state index in [1.807, 2.05) is 18.2 Å². The van der Waals surface area contributed by atoms with Gasteiger partial charge in [0.1, 0.15) is 0 Å². The van der Waals surface area contributed by atoms with Gasteiger partial charge in [-0.1, -0.05) is 71.9 Å². The van der Waals surface area contributed by atoms with Crippen LogP contribution < -0.4 is 0 Å². The van der Waals surface area contributed by atoms with Crippen LogP contribution in [0.4, 0.5) is 0 Å². The van der Waals surface area contributed by atoms with Crippen molar-refractivity contribution in [2.45, 2.75) is 96.4 Å². The number of carbonyl (C=O) groups is 1. The Labute approximate surface area is 180 Å². The second kappa shape index (κ2) is 9.46. The fourth-order valence-corrected chi connectivity index (χ4v) is 5.05. The molecular formula is C23H42O4Si2. The largest absolute Gasteiger partial charge is 0.467 e. The quantitative estimate of drug-likeness (QED) is 0.359. The van der Waals surface area contributed by atoms with E-state index in [4.69, 9.17) is 13.6 Å². The Kier molecular flexibility index (Phi) is 8.50. The summed E-state index contributed by atoms with van der Waals surface area (Å²) >= 11 is 0. The maximum atomic E-state index is 12.9. The van der Waals surface area contributed by atoms with Crippen LogP contribution >= 0.6 is 0 Å². The first-order valence-corrected chi connectivity index (χ1v) is 16.3. The summed E-state index contributed by atoms with van der Waals surface area (Å²) in [5, 5.41) is 0.00707. The third-order valence-electron chi connectivity index (χ3n) is 6.53. The summed E-state index contributed by atoms with van der Waals surface area (Å²) < 4.78 is 18.6. The van der Waals surface area contributed by atoms with Crippen molar-refractivity contribution in [2.75, 3.05) is 7.11 Å². The second-order valence-corrected chi connectivity index (χ2v) is 20.4. The highest BCUT2D eigenvalue weighted by molar-refractivity contribution is 6.74. The zero-order valence-corrected chi connectivity index (χ0v) is 22.4. The lowest BCUT2D eigenvalue weighted by Crippen LogP contribution is -2.55. The van der Waals surface area contributed by atoms with Gasteiger partial charge in [0.05, 0.1) is 13.2 Å². The average molecular weight is 439 g/mol. The molecule has 0 aromatic heterocycles. The van der Waals surface area contributed by atoms with Gasteiger partial charge >= 0.3 is 5.97 Å². The predicted molar refractivity (Wildman–Crippen MR) is 126 cm³/mol. The fourth-order valence-electron chi connectivity index (χ4n) is 2.50. The van der Waals surface area contributed by atoms with Crippen LogP contribution in [-0.4, -0.2) is 41.9 Å². The molecule has 0 aliphatic carbocycles. The Morgan fingerprint density at radius 2 is 1.31 bits per heavy atom. The number of methoxy groups -OCH3 is 1. The molecule has 166 valence electrons. The molecule has 0 spiro atoms. The van der Waals surface area contributed by atoms with Gasteiger partial charge in [0, 0.05) is 6.42 Å². The summed E-state index contributed by atoms with van der Waals surface area (Å²) in [6, 6.07) is 10.2. The number of ether oxygens (including phenoxy) is 1. The van der Waals surface area contributed by atoms with Crippen molar-refractivity contribution in [1.82, 2.24) is 0 Å². The molecule has 1 aromatic carbocycles. The SMILES string of the molecule is COC(=O)[C@H](O[Si](C)(C)C(C)(C)C)[C@H](Cc1ccccc1)O[Si](C)(C)C(C)(C)C. The molecule has 0 N–H and O–H groups in total. The van der Waals surface area contributed by atoms with Gasteiger partial charge in [0.2, 0.25) is 0 Å². The fraction of sp³-hybridized carbons (Fsp3) is 0.696. The van der Waals surface area contributed by atoms with Crippen LogP contribution in [0.25, 0.3) is 0 Å². The number of rotatable bonds is 8. The highest BCUT2D eigenvalue weighted by Crippen LogP contribution is 2.41. The molecule has 2 atom stereocenters. The summed E-state index contributed by atoms with van der Waals surface area (Å²) in [6.45, 7) is 21.9. The molecule has 0 bridgehead atoms. The van der Waals surface area contributed by atoms with Gasteiger partial charge in [-0.05, 0) is 41.8 Å². The van der Waals surface area contributed by atoms with E-state index in [-0.39, 0.29) is 22.1 Å². The number of carbonyl (C=O) groups excluding carboxylic acids is 1. The zero-order chi connectivity index (χ0) is 22.7. The summed E-state index contributed by atoms with van der Waals surface area (Å²) in [5.41, 5.74) is 1.13. The first kappa shape index (κ1) is 26.1. The third-order valence-corrected chi connectivity index (χ3v) is 15.5. The minimum Gasteiger partial charge on any atom is -0.467 e. The maximum absolute atomic E-state index is 12.9. The Morgan fingerprint density at radius 1 is 0.862 bits per heavy atom. The van der Waals surface area contributed by atoms with E-state index < -0.39 is 22.7 Å². The molecule has 0 aliphatic heterocycles. The first-order valence-electron chi connectivity index (χ1n) is 10.5. The second-order valence-electron chi connectivity index (χ2n) is 10.9. The molecule has 1 rings (SSSR count). The van der Waals surface area contributed by atoms with Crippen molar-refractivity contribution in [2.24, 2.45) is 0 Å². The standard InChI is InChI=1S/C23H42O4Si2/c1-22(2,3)28(8,9)26-19(17-18-15-13-12-14-16-18)20(21(24)25-7)27-29(10,11)23(4,5)6/h12-16,19-20H,17H2,1-11H3/t19-,20+/m0/s1. The maximum Gasteiger partial charge on any atom is 0.336 e. The molecule has 29 heavy (non-hydrogen) atoms. The van der Waals surface area contributed by atoms with Crippen LogP contribution in [0.2, 0.25) is 36.3 Å². The number of esters is 1. The molecule has 0 heterocycles. The molecule has 1 aromatic rings. The van der Waals surface area contributed by atoms with Crippen LogP contribution in [-0.2, 0) is 24.8 Å². The van der Waals surface area contributed by atoms with Crippen molar-refractivity contribution in [3.8, 4) is 0 Å². The van der Waals surface area contributed by atoms with E-state index in [0.717, 1.165) is 5.56 Å². The lowest BCUT2D eigenvalue weighted by Gasteiger charge is -2.44. The molecule has 0 saturated heterocycles. The van der Waals surface area contributed by atoms with Crippen LogP contribution in [0.1, 0.15) is 47.1 Å². The van der Waals surface area contributed by atoms with Crippen LogP contribution in [0, 0.1) is 0 Å². The molecule has 6 heteroatoms. The number of benzene rings is 1. The molecule has 4 nitrogen and oxygen atoms in total. The summed E-state index contributed by atoms with van der Waals surface area (Å²) in [6.07, 6.45) is -0.517.